The molecule has 4 nitrogen and oxygen atoms in total. The van der Waals surface area contributed by atoms with Gasteiger partial charge in [0.25, 0.3) is 0 Å². The summed E-state index contributed by atoms with van der Waals surface area (Å²) in [6.45, 7) is 0. The van der Waals surface area contributed by atoms with Crippen molar-refractivity contribution in [1.82, 2.24) is 19.7 Å². The van der Waals surface area contributed by atoms with E-state index in [9.17, 15) is 0 Å². The minimum absolute atomic E-state index is 0.825. The van der Waals surface area contributed by atoms with Gasteiger partial charge >= 0.3 is 0 Å². The van der Waals surface area contributed by atoms with Crippen LogP contribution >= 0.6 is 0 Å². The summed E-state index contributed by atoms with van der Waals surface area (Å²) >= 11 is 0. The minimum atomic E-state index is 0.825. The number of rotatable bonds is 1. The average Bonchev–Trinajstić information content (AvgIpc) is 3.04. The smallest absolute Gasteiger partial charge is 0.156 e. The molecule has 0 saturated carbocycles. The van der Waals surface area contributed by atoms with Crippen LogP contribution in [0.1, 0.15) is 0 Å². The first kappa shape index (κ1) is 9.41. The molecule has 0 saturated heterocycles. The second-order valence-electron chi connectivity index (χ2n) is 4.20. The Morgan fingerprint density at radius 3 is 2.89 bits per heavy atom. The molecule has 0 amide bonds. The Kier molecular flexibility index (Phi) is 1.80. The van der Waals surface area contributed by atoms with Gasteiger partial charge in [0.1, 0.15) is 5.65 Å². The van der Waals surface area contributed by atoms with E-state index in [4.69, 9.17) is 0 Å². The SMILES string of the molecule is c1ccc2c(c1)cnn2-c1ccc2cc[nH]c2n1. The molecule has 0 spiro atoms. The van der Waals surface area contributed by atoms with Crippen LogP contribution in [0, 0.1) is 0 Å². The van der Waals surface area contributed by atoms with Crippen molar-refractivity contribution in [3.63, 3.8) is 0 Å². The van der Waals surface area contributed by atoms with E-state index in [0.29, 0.717) is 0 Å². The summed E-state index contributed by atoms with van der Waals surface area (Å²) < 4.78 is 1.86. The van der Waals surface area contributed by atoms with E-state index in [1.54, 1.807) is 0 Å². The van der Waals surface area contributed by atoms with Gasteiger partial charge in [-0.15, -0.1) is 0 Å². The van der Waals surface area contributed by atoms with Crippen molar-refractivity contribution in [2.45, 2.75) is 0 Å². The van der Waals surface area contributed by atoms with Crippen molar-refractivity contribution in [3.05, 3.63) is 54.9 Å². The van der Waals surface area contributed by atoms with E-state index < -0.39 is 0 Å². The Bertz CT molecular complexity index is 841. The van der Waals surface area contributed by atoms with Gasteiger partial charge in [-0.25, -0.2) is 9.67 Å². The molecule has 0 unspecified atom stereocenters. The monoisotopic (exact) mass is 234 g/mol. The second kappa shape index (κ2) is 3.43. The normalized spacial score (nSPS) is 11.3. The summed E-state index contributed by atoms with van der Waals surface area (Å²) in [4.78, 5) is 7.69. The van der Waals surface area contributed by atoms with Gasteiger partial charge in [-0.05, 0) is 24.3 Å². The molecular weight excluding hydrogens is 224 g/mol. The highest BCUT2D eigenvalue weighted by Crippen LogP contribution is 2.18. The predicted molar refractivity (Wildman–Crippen MR) is 70.7 cm³/mol. The van der Waals surface area contributed by atoms with Crippen LogP contribution in [-0.2, 0) is 0 Å². The number of para-hydroxylation sites is 1. The van der Waals surface area contributed by atoms with Crippen LogP contribution in [0.4, 0.5) is 0 Å². The highest BCUT2D eigenvalue weighted by Gasteiger charge is 2.06. The van der Waals surface area contributed by atoms with Crippen molar-refractivity contribution in [3.8, 4) is 5.82 Å². The predicted octanol–water partition coefficient (Wildman–Crippen LogP) is 2.90. The lowest BCUT2D eigenvalue weighted by molar-refractivity contribution is 0.879. The van der Waals surface area contributed by atoms with Gasteiger partial charge in [0.15, 0.2) is 5.82 Å². The molecule has 0 radical (unpaired) electrons. The summed E-state index contributed by atoms with van der Waals surface area (Å²) in [6.07, 6.45) is 3.75. The average molecular weight is 234 g/mol. The molecular formula is C14H10N4. The Balaban J connectivity index is 2.00. The van der Waals surface area contributed by atoms with E-state index in [2.05, 4.69) is 15.1 Å². The zero-order chi connectivity index (χ0) is 11.9. The molecule has 4 heteroatoms. The fourth-order valence-electron chi connectivity index (χ4n) is 2.19. The van der Waals surface area contributed by atoms with Gasteiger partial charge in [0, 0.05) is 17.0 Å². The van der Waals surface area contributed by atoms with Crippen LogP contribution in [0.3, 0.4) is 0 Å². The van der Waals surface area contributed by atoms with Crippen molar-refractivity contribution in [2.75, 3.05) is 0 Å². The summed E-state index contributed by atoms with van der Waals surface area (Å²) in [6, 6.07) is 14.1. The maximum atomic E-state index is 4.57. The molecule has 0 aliphatic heterocycles. The lowest BCUT2D eigenvalue weighted by Crippen LogP contribution is -1.98. The molecule has 0 fully saturated rings. The first-order valence-corrected chi connectivity index (χ1v) is 5.79. The molecule has 1 N–H and O–H groups in total. The van der Waals surface area contributed by atoms with E-state index in [1.165, 1.54) is 0 Å². The van der Waals surface area contributed by atoms with Gasteiger partial charge in [-0.2, -0.15) is 5.10 Å². The van der Waals surface area contributed by atoms with Crippen molar-refractivity contribution in [2.24, 2.45) is 0 Å². The number of hydrogen-bond donors (Lipinski definition) is 1. The van der Waals surface area contributed by atoms with Crippen LogP contribution in [0.15, 0.2) is 54.9 Å². The van der Waals surface area contributed by atoms with E-state index >= 15 is 0 Å². The molecule has 1 aromatic carbocycles. The van der Waals surface area contributed by atoms with Crippen LogP contribution < -0.4 is 0 Å². The third-order valence-corrected chi connectivity index (χ3v) is 3.09. The lowest BCUT2D eigenvalue weighted by Gasteiger charge is -2.02. The van der Waals surface area contributed by atoms with Gasteiger partial charge in [0.2, 0.25) is 0 Å². The van der Waals surface area contributed by atoms with Gasteiger partial charge < -0.3 is 4.98 Å². The van der Waals surface area contributed by atoms with E-state index in [1.807, 2.05) is 59.5 Å². The molecule has 0 bridgehead atoms. The van der Waals surface area contributed by atoms with Gasteiger partial charge in [-0.1, -0.05) is 18.2 Å². The molecule has 86 valence electrons. The fraction of sp³-hybridized carbons (Fsp3) is 0. The minimum Gasteiger partial charge on any atom is -0.346 e. The first-order valence-electron chi connectivity index (χ1n) is 5.79. The Hall–Kier alpha value is -2.62. The van der Waals surface area contributed by atoms with Crippen molar-refractivity contribution >= 4 is 21.9 Å². The Labute approximate surface area is 103 Å². The largest absolute Gasteiger partial charge is 0.346 e. The Morgan fingerprint density at radius 2 is 1.89 bits per heavy atom. The standard InChI is InChI=1S/C14H10N4/c1-2-4-12-11(3-1)9-16-18(12)13-6-5-10-7-8-15-14(10)17-13/h1-9H,(H,15,17). The first-order chi connectivity index (χ1) is 8.92. The molecule has 4 rings (SSSR count). The van der Waals surface area contributed by atoms with Crippen LogP contribution in [0.5, 0.6) is 0 Å². The summed E-state index contributed by atoms with van der Waals surface area (Å²) in [7, 11) is 0. The maximum absolute atomic E-state index is 4.57. The summed E-state index contributed by atoms with van der Waals surface area (Å²) in [5, 5.41) is 6.62. The topological polar surface area (TPSA) is 46.5 Å². The number of benzene rings is 1. The number of aromatic nitrogens is 4. The molecule has 3 aromatic heterocycles. The Morgan fingerprint density at radius 1 is 0.944 bits per heavy atom. The van der Waals surface area contributed by atoms with Gasteiger partial charge in [-0.3, -0.25) is 0 Å². The van der Waals surface area contributed by atoms with Gasteiger partial charge in [0.05, 0.1) is 11.7 Å². The summed E-state index contributed by atoms with van der Waals surface area (Å²) in [5.74, 6) is 0.825. The number of pyridine rings is 1. The molecule has 0 atom stereocenters. The third kappa shape index (κ3) is 1.26. The quantitative estimate of drug-likeness (QED) is 0.550. The molecule has 0 aliphatic carbocycles. The zero-order valence-electron chi connectivity index (χ0n) is 9.54. The van der Waals surface area contributed by atoms with Crippen LogP contribution in [-0.4, -0.2) is 19.7 Å². The number of fused-ring (bicyclic) bond motifs is 2. The third-order valence-electron chi connectivity index (χ3n) is 3.09. The lowest BCUT2D eigenvalue weighted by atomic mass is 10.2. The molecule has 0 aliphatic rings. The molecule has 4 aromatic rings. The number of nitrogens with zero attached hydrogens (tertiary/aromatic N) is 3. The van der Waals surface area contributed by atoms with Crippen LogP contribution in [0.25, 0.3) is 27.8 Å². The van der Waals surface area contributed by atoms with E-state index in [0.717, 1.165) is 27.8 Å². The maximum Gasteiger partial charge on any atom is 0.156 e. The number of hydrogen-bond acceptors (Lipinski definition) is 2. The zero-order valence-corrected chi connectivity index (χ0v) is 9.54. The number of H-pyrrole nitrogens is 1. The second-order valence-corrected chi connectivity index (χ2v) is 4.20. The highest BCUT2D eigenvalue weighted by atomic mass is 15.3. The van der Waals surface area contributed by atoms with E-state index in [-0.39, 0.29) is 0 Å². The number of nitrogens with one attached hydrogen (secondary N) is 1. The fourth-order valence-corrected chi connectivity index (χ4v) is 2.19. The van der Waals surface area contributed by atoms with Crippen LogP contribution in [0.2, 0.25) is 0 Å². The molecule has 18 heavy (non-hydrogen) atoms. The molecule has 3 heterocycles. The summed E-state index contributed by atoms with van der Waals surface area (Å²) in [5.41, 5.74) is 1.95. The number of aromatic amines is 1. The highest BCUT2D eigenvalue weighted by molar-refractivity contribution is 5.81. The van der Waals surface area contributed by atoms with Crippen molar-refractivity contribution < 1.29 is 0 Å². The van der Waals surface area contributed by atoms with Crippen molar-refractivity contribution in [1.29, 1.82) is 0 Å².